The Balaban J connectivity index is 1.40. The Morgan fingerprint density at radius 3 is 2.86 bits per heavy atom. The van der Waals surface area contributed by atoms with Crippen molar-refractivity contribution in [2.75, 3.05) is 17.7 Å². The van der Waals surface area contributed by atoms with Gasteiger partial charge < -0.3 is 10.1 Å². The van der Waals surface area contributed by atoms with Gasteiger partial charge >= 0.3 is 0 Å². The number of nitrogens with one attached hydrogen (secondary N) is 1. The number of carbonyl (C=O) groups is 1. The van der Waals surface area contributed by atoms with Crippen LogP contribution in [-0.4, -0.2) is 38.0 Å². The number of anilines is 1. The topological polar surface area (TPSA) is 81.9 Å². The SMILES string of the molecule is CCOc1ccc2nc(NC(=O)CSc3nncn3-c3ccc(C)cc3)sc2c1. The van der Waals surface area contributed by atoms with Crippen molar-refractivity contribution in [2.45, 2.75) is 19.0 Å². The second kappa shape index (κ2) is 8.62. The number of benzene rings is 2. The van der Waals surface area contributed by atoms with Crippen molar-refractivity contribution in [1.82, 2.24) is 19.7 Å². The highest BCUT2D eigenvalue weighted by atomic mass is 32.2. The highest BCUT2D eigenvalue weighted by Crippen LogP contribution is 2.29. The molecule has 0 bridgehead atoms. The van der Waals surface area contributed by atoms with Crippen LogP contribution in [0.25, 0.3) is 15.9 Å². The van der Waals surface area contributed by atoms with Gasteiger partial charge in [0.25, 0.3) is 0 Å². The summed E-state index contributed by atoms with van der Waals surface area (Å²) in [6.45, 7) is 4.59. The van der Waals surface area contributed by atoms with Crippen molar-refractivity contribution in [3.8, 4) is 11.4 Å². The molecule has 7 nitrogen and oxygen atoms in total. The summed E-state index contributed by atoms with van der Waals surface area (Å²) in [6, 6.07) is 13.8. The van der Waals surface area contributed by atoms with Crippen molar-refractivity contribution < 1.29 is 9.53 Å². The standard InChI is InChI=1S/C20H19N5O2S2/c1-3-27-15-8-9-16-17(10-15)29-19(22-16)23-18(26)11-28-20-24-21-12-25(20)14-6-4-13(2)5-7-14/h4-10,12H,3,11H2,1-2H3,(H,22,23,26). The smallest absolute Gasteiger partial charge is 0.236 e. The van der Waals surface area contributed by atoms with E-state index in [0.29, 0.717) is 16.9 Å². The molecule has 0 aliphatic heterocycles. The molecule has 0 unspecified atom stereocenters. The van der Waals surface area contributed by atoms with E-state index in [1.807, 2.05) is 60.9 Å². The normalized spacial score (nSPS) is 11.0. The average Bonchev–Trinajstić information content (AvgIpc) is 3.33. The van der Waals surface area contributed by atoms with E-state index < -0.39 is 0 Å². The minimum atomic E-state index is -0.141. The highest BCUT2D eigenvalue weighted by Gasteiger charge is 2.12. The lowest BCUT2D eigenvalue weighted by Crippen LogP contribution is -2.14. The maximum atomic E-state index is 12.4. The molecule has 2 heterocycles. The monoisotopic (exact) mass is 425 g/mol. The van der Waals surface area contributed by atoms with Gasteiger partial charge in [-0.05, 0) is 44.2 Å². The zero-order valence-corrected chi connectivity index (χ0v) is 17.6. The molecule has 2 aromatic carbocycles. The molecule has 0 atom stereocenters. The van der Waals surface area contributed by atoms with Gasteiger partial charge in [-0.3, -0.25) is 9.36 Å². The average molecular weight is 426 g/mol. The van der Waals surface area contributed by atoms with Crippen LogP contribution >= 0.6 is 23.1 Å². The number of aromatic nitrogens is 4. The van der Waals surface area contributed by atoms with Crippen molar-refractivity contribution in [2.24, 2.45) is 0 Å². The predicted molar refractivity (Wildman–Crippen MR) is 116 cm³/mol. The summed E-state index contributed by atoms with van der Waals surface area (Å²) in [4.78, 5) is 16.9. The maximum Gasteiger partial charge on any atom is 0.236 e. The molecule has 1 amide bonds. The van der Waals surface area contributed by atoms with Crippen LogP contribution in [0.5, 0.6) is 5.75 Å². The van der Waals surface area contributed by atoms with Gasteiger partial charge in [0.15, 0.2) is 10.3 Å². The van der Waals surface area contributed by atoms with Gasteiger partial charge in [0.2, 0.25) is 5.91 Å². The Hall–Kier alpha value is -2.91. The number of ether oxygens (including phenoxy) is 1. The first-order valence-electron chi connectivity index (χ1n) is 9.05. The van der Waals surface area contributed by atoms with E-state index in [2.05, 4.69) is 20.5 Å². The fraction of sp³-hybridized carbons (Fsp3) is 0.200. The molecular formula is C20H19N5O2S2. The Morgan fingerprint density at radius 1 is 1.24 bits per heavy atom. The number of thioether (sulfide) groups is 1. The summed E-state index contributed by atoms with van der Waals surface area (Å²) in [7, 11) is 0. The first-order valence-corrected chi connectivity index (χ1v) is 10.9. The predicted octanol–water partition coefficient (Wildman–Crippen LogP) is 4.31. The second-order valence-corrected chi connectivity index (χ2v) is 8.21. The van der Waals surface area contributed by atoms with Crippen LogP contribution < -0.4 is 10.1 Å². The number of nitrogens with zero attached hydrogens (tertiary/aromatic N) is 4. The molecule has 29 heavy (non-hydrogen) atoms. The molecule has 1 N–H and O–H groups in total. The summed E-state index contributed by atoms with van der Waals surface area (Å²) in [6.07, 6.45) is 1.65. The lowest BCUT2D eigenvalue weighted by molar-refractivity contribution is -0.113. The van der Waals surface area contributed by atoms with Crippen molar-refractivity contribution in [3.63, 3.8) is 0 Å². The molecule has 0 fully saturated rings. The van der Waals surface area contributed by atoms with Crippen LogP contribution in [0.2, 0.25) is 0 Å². The van der Waals surface area contributed by atoms with Gasteiger partial charge in [0.1, 0.15) is 12.1 Å². The van der Waals surface area contributed by atoms with Crippen LogP contribution in [0.1, 0.15) is 12.5 Å². The summed E-state index contributed by atoms with van der Waals surface area (Å²) < 4.78 is 8.35. The van der Waals surface area contributed by atoms with E-state index in [1.165, 1.54) is 28.7 Å². The first kappa shape index (κ1) is 19.4. The van der Waals surface area contributed by atoms with Gasteiger partial charge in [-0.25, -0.2) is 4.98 Å². The fourth-order valence-corrected chi connectivity index (χ4v) is 4.34. The van der Waals surface area contributed by atoms with Gasteiger partial charge in [-0.2, -0.15) is 0 Å². The Morgan fingerprint density at radius 2 is 2.07 bits per heavy atom. The van der Waals surface area contributed by atoms with Gasteiger partial charge in [0, 0.05) is 5.69 Å². The number of hydrogen-bond acceptors (Lipinski definition) is 7. The molecular weight excluding hydrogens is 406 g/mol. The highest BCUT2D eigenvalue weighted by molar-refractivity contribution is 7.99. The molecule has 0 aliphatic carbocycles. The quantitative estimate of drug-likeness (QED) is 0.444. The molecule has 0 saturated heterocycles. The van der Waals surface area contributed by atoms with Crippen LogP contribution in [0.3, 0.4) is 0 Å². The van der Waals surface area contributed by atoms with Crippen LogP contribution in [0.4, 0.5) is 5.13 Å². The van der Waals surface area contributed by atoms with E-state index in [9.17, 15) is 4.79 Å². The minimum absolute atomic E-state index is 0.141. The third-order valence-corrected chi connectivity index (χ3v) is 5.95. The second-order valence-electron chi connectivity index (χ2n) is 6.24. The number of fused-ring (bicyclic) bond motifs is 1. The molecule has 9 heteroatoms. The summed E-state index contributed by atoms with van der Waals surface area (Å²) in [5, 5.41) is 12.2. The molecule has 2 aromatic heterocycles. The largest absolute Gasteiger partial charge is 0.494 e. The lowest BCUT2D eigenvalue weighted by Gasteiger charge is -2.06. The summed E-state index contributed by atoms with van der Waals surface area (Å²) in [5.74, 6) is 0.870. The zero-order chi connectivity index (χ0) is 20.2. The Labute approximate surface area is 176 Å². The molecule has 0 spiro atoms. The third-order valence-electron chi connectivity index (χ3n) is 4.08. The Bertz CT molecular complexity index is 1140. The Kier molecular flexibility index (Phi) is 5.77. The van der Waals surface area contributed by atoms with Crippen molar-refractivity contribution in [1.29, 1.82) is 0 Å². The van der Waals surface area contributed by atoms with Crippen molar-refractivity contribution in [3.05, 3.63) is 54.4 Å². The molecule has 0 radical (unpaired) electrons. The van der Waals surface area contributed by atoms with Gasteiger partial charge in [-0.15, -0.1) is 10.2 Å². The number of thiazole rings is 1. The van der Waals surface area contributed by atoms with Crippen LogP contribution in [0.15, 0.2) is 53.9 Å². The van der Waals surface area contributed by atoms with E-state index in [0.717, 1.165) is 21.7 Å². The fourth-order valence-electron chi connectivity index (χ4n) is 2.71. The van der Waals surface area contributed by atoms with E-state index in [-0.39, 0.29) is 11.7 Å². The van der Waals surface area contributed by atoms with Gasteiger partial charge in [-0.1, -0.05) is 40.8 Å². The summed E-state index contributed by atoms with van der Waals surface area (Å²) >= 11 is 2.76. The molecule has 0 aliphatic rings. The maximum absolute atomic E-state index is 12.4. The first-order chi connectivity index (χ1) is 14.1. The third kappa shape index (κ3) is 4.57. The summed E-state index contributed by atoms with van der Waals surface area (Å²) in [5.41, 5.74) is 2.97. The molecule has 4 aromatic rings. The van der Waals surface area contributed by atoms with Gasteiger partial charge in [0.05, 0.1) is 22.6 Å². The zero-order valence-electron chi connectivity index (χ0n) is 16.0. The minimum Gasteiger partial charge on any atom is -0.494 e. The molecule has 4 rings (SSSR count). The van der Waals surface area contributed by atoms with Crippen LogP contribution in [-0.2, 0) is 4.79 Å². The van der Waals surface area contributed by atoms with E-state index in [4.69, 9.17) is 4.74 Å². The number of hydrogen-bond donors (Lipinski definition) is 1. The number of carbonyl (C=O) groups excluding carboxylic acids is 1. The van der Waals surface area contributed by atoms with Crippen LogP contribution in [0, 0.1) is 6.92 Å². The van der Waals surface area contributed by atoms with Crippen molar-refractivity contribution >= 4 is 44.4 Å². The lowest BCUT2D eigenvalue weighted by atomic mass is 10.2. The molecule has 0 saturated carbocycles. The number of rotatable bonds is 7. The number of aryl methyl sites for hydroxylation is 1. The molecule has 148 valence electrons. The van der Waals surface area contributed by atoms with E-state index in [1.54, 1.807) is 6.33 Å². The van der Waals surface area contributed by atoms with E-state index >= 15 is 0 Å². The number of amides is 1.